The van der Waals surface area contributed by atoms with Gasteiger partial charge in [-0.15, -0.1) is 0 Å². The van der Waals surface area contributed by atoms with E-state index >= 15 is 0 Å². The van der Waals surface area contributed by atoms with Crippen LogP contribution in [0.15, 0.2) is 53.0 Å². The lowest BCUT2D eigenvalue weighted by Gasteiger charge is -2.10. The van der Waals surface area contributed by atoms with E-state index in [1.807, 2.05) is 30.3 Å². The van der Waals surface area contributed by atoms with Gasteiger partial charge in [-0.2, -0.15) is 0 Å². The van der Waals surface area contributed by atoms with E-state index in [4.69, 9.17) is 4.74 Å². The van der Waals surface area contributed by atoms with Gasteiger partial charge >= 0.3 is 0 Å². The monoisotopic (exact) mass is 345 g/mol. The third-order valence-corrected chi connectivity index (χ3v) is 3.79. The van der Waals surface area contributed by atoms with Gasteiger partial charge < -0.3 is 4.74 Å². The van der Waals surface area contributed by atoms with E-state index in [1.165, 1.54) is 12.1 Å². The minimum atomic E-state index is -0.233. The second-order valence-corrected chi connectivity index (χ2v) is 5.72. The molecule has 0 unspecified atom stereocenters. The van der Waals surface area contributed by atoms with Crippen molar-refractivity contribution in [2.45, 2.75) is 6.42 Å². The van der Waals surface area contributed by atoms with E-state index in [0.29, 0.717) is 12.3 Å². The fourth-order valence-electron chi connectivity index (χ4n) is 2.34. The van der Waals surface area contributed by atoms with Crippen molar-refractivity contribution >= 4 is 26.8 Å². The molecule has 2 nitrogen and oxygen atoms in total. The predicted molar refractivity (Wildman–Crippen MR) is 85.2 cm³/mol. The number of pyridine rings is 1. The van der Waals surface area contributed by atoms with E-state index in [9.17, 15) is 4.39 Å². The van der Waals surface area contributed by atoms with E-state index in [-0.39, 0.29) is 5.82 Å². The number of nitrogens with zero attached hydrogens (tertiary/aromatic N) is 1. The van der Waals surface area contributed by atoms with Crippen LogP contribution in [0.1, 0.15) is 11.1 Å². The standard InChI is InChI=1S/C17H13BrFNO/c1-21-17-13(7-11-3-2-4-15(19)8-11)9-12-10-14(18)5-6-16(12)20-17/h2-6,8-10H,7H2,1H3. The van der Waals surface area contributed by atoms with Crippen molar-refractivity contribution < 1.29 is 9.13 Å². The number of hydrogen-bond donors (Lipinski definition) is 0. The van der Waals surface area contributed by atoms with Crippen LogP contribution in [0.4, 0.5) is 4.39 Å². The summed E-state index contributed by atoms with van der Waals surface area (Å²) in [5.74, 6) is 0.344. The van der Waals surface area contributed by atoms with Crippen LogP contribution < -0.4 is 4.74 Å². The highest BCUT2D eigenvalue weighted by atomic mass is 79.9. The molecule has 0 atom stereocenters. The van der Waals surface area contributed by atoms with Gasteiger partial charge in [0, 0.05) is 21.8 Å². The van der Waals surface area contributed by atoms with E-state index in [1.54, 1.807) is 13.2 Å². The Labute approximate surface area is 130 Å². The molecule has 1 heterocycles. The molecule has 2 aromatic carbocycles. The zero-order valence-corrected chi connectivity index (χ0v) is 13.0. The van der Waals surface area contributed by atoms with Gasteiger partial charge in [-0.1, -0.05) is 28.1 Å². The Bertz CT molecular complexity index is 804. The first-order valence-corrected chi connectivity index (χ1v) is 7.32. The molecule has 0 aliphatic carbocycles. The third-order valence-electron chi connectivity index (χ3n) is 3.29. The van der Waals surface area contributed by atoms with Crippen LogP contribution >= 0.6 is 15.9 Å². The predicted octanol–water partition coefficient (Wildman–Crippen LogP) is 4.74. The van der Waals surface area contributed by atoms with E-state index in [2.05, 4.69) is 20.9 Å². The molecule has 0 amide bonds. The molecule has 21 heavy (non-hydrogen) atoms. The van der Waals surface area contributed by atoms with Crippen molar-refractivity contribution in [3.05, 3.63) is 69.9 Å². The summed E-state index contributed by atoms with van der Waals surface area (Å²) >= 11 is 3.46. The molecule has 0 spiro atoms. The highest BCUT2D eigenvalue weighted by Gasteiger charge is 2.09. The Morgan fingerprint density at radius 1 is 1.14 bits per heavy atom. The Kier molecular flexibility index (Phi) is 3.88. The Morgan fingerprint density at radius 3 is 2.76 bits per heavy atom. The van der Waals surface area contributed by atoms with Crippen molar-refractivity contribution in [1.29, 1.82) is 0 Å². The van der Waals surface area contributed by atoms with Gasteiger partial charge in [-0.25, -0.2) is 9.37 Å². The fraction of sp³-hybridized carbons (Fsp3) is 0.118. The summed E-state index contributed by atoms with van der Waals surface area (Å²) in [7, 11) is 1.60. The highest BCUT2D eigenvalue weighted by Crippen LogP contribution is 2.26. The van der Waals surface area contributed by atoms with E-state index in [0.717, 1.165) is 26.5 Å². The molecule has 4 heteroatoms. The van der Waals surface area contributed by atoms with Crippen LogP contribution in [0.3, 0.4) is 0 Å². The van der Waals surface area contributed by atoms with Crippen molar-refractivity contribution in [2.24, 2.45) is 0 Å². The summed E-state index contributed by atoms with van der Waals surface area (Å²) in [6, 6.07) is 14.5. The number of methoxy groups -OCH3 is 1. The zero-order chi connectivity index (χ0) is 14.8. The topological polar surface area (TPSA) is 22.1 Å². The summed E-state index contributed by atoms with van der Waals surface area (Å²) in [6.07, 6.45) is 0.580. The van der Waals surface area contributed by atoms with Gasteiger partial charge in [0.1, 0.15) is 5.82 Å². The van der Waals surface area contributed by atoms with Crippen LogP contribution in [0.25, 0.3) is 10.9 Å². The first kappa shape index (κ1) is 14.0. The van der Waals surface area contributed by atoms with Gasteiger partial charge in [0.15, 0.2) is 0 Å². The van der Waals surface area contributed by atoms with Crippen LogP contribution in [0.2, 0.25) is 0 Å². The number of aromatic nitrogens is 1. The van der Waals surface area contributed by atoms with Crippen molar-refractivity contribution in [2.75, 3.05) is 7.11 Å². The van der Waals surface area contributed by atoms with Gasteiger partial charge in [-0.05, 0) is 42.0 Å². The minimum absolute atomic E-state index is 0.233. The Hall–Kier alpha value is -1.94. The Balaban J connectivity index is 2.07. The van der Waals surface area contributed by atoms with Gasteiger partial charge in [-0.3, -0.25) is 0 Å². The molecule has 0 fully saturated rings. The molecule has 0 N–H and O–H groups in total. The van der Waals surface area contributed by atoms with Gasteiger partial charge in [0.05, 0.1) is 12.6 Å². The third kappa shape index (κ3) is 3.05. The molecule has 0 saturated heterocycles. The number of hydrogen-bond acceptors (Lipinski definition) is 2. The first-order chi connectivity index (χ1) is 10.2. The number of fused-ring (bicyclic) bond motifs is 1. The normalized spacial score (nSPS) is 10.8. The summed E-state index contributed by atoms with van der Waals surface area (Å²) < 4.78 is 19.7. The van der Waals surface area contributed by atoms with Crippen LogP contribution in [-0.2, 0) is 6.42 Å². The smallest absolute Gasteiger partial charge is 0.217 e. The molecular formula is C17H13BrFNO. The molecule has 0 aliphatic rings. The number of ether oxygens (including phenoxy) is 1. The lowest BCUT2D eigenvalue weighted by atomic mass is 10.0. The minimum Gasteiger partial charge on any atom is -0.481 e. The summed E-state index contributed by atoms with van der Waals surface area (Å²) in [6.45, 7) is 0. The van der Waals surface area contributed by atoms with Crippen molar-refractivity contribution in [1.82, 2.24) is 4.98 Å². The molecule has 1 aromatic heterocycles. The number of rotatable bonds is 3. The fourth-order valence-corrected chi connectivity index (χ4v) is 2.72. The maximum atomic E-state index is 13.3. The van der Waals surface area contributed by atoms with Crippen LogP contribution in [0, 0.1) is 5.82 Å². The Morgan fingerprint density at radius 2 is 2.00 bits per heavy atom. The maximum Gasteiger partial charge on any atom is 0.217 e. The number of halogens is 2. The maximum absolute atomic E-state index is 13.3. The second-order valence-electron chi connectivity index (χ2n) is 4.80. The average Bonchev–Trinajstić information content (AvgIpc) is 2.46. The molecule has 0 aliphatic heterocycles. The molecular weight excluding hydrogens is 333 g/mol. The van der Waals surface area contributed by atoms with Gasteiger partial charge in [0.2, 0.25) is 5.88 Å². The molecule has 106 valence electrons. The second kappa shape index (κ2) is 5.82. The largest absolute Gasteiger partial charge is 0.481 e. The summed E-state index contributed by atoms with van der Waals surface area (Å²) in [4.78, 5) is 4.52. The lowest BCUT2D eigenvalue weighted by Crippen LogP contribution is -1.97. The average molecular weight is 346 g/mol. The van der Waals surface area contributed by atoms with Crippen LogP contribution in [0.5, 0.6) is 5.88 Å². The lowest BCUT2D eigenvalue weighted by molar-refractivity contribution is 0.395. The van der Waals surface area contributed by atoms with Crippen molar-refractivity contribution in [3.8, 4) is 5.88 Å². The number of benzene rings is 2. The molecule has 0 bridgehead atoms. The molecule has 0 radical (unpaired) electrons. The first-order valence-electron chi connectivity index (χ1n) is 6.53. The molecule has 0 saturated carbocycles. The highest BCUT2D eigenvalue weighted by molar-refractivity contribution is 9.10. The van der Waals surface area contributed by atoms with Crippen molar-refractivity contribution in [3.63, 3.8) is 0 Å². The summed E-state index contributed by atoms with van der Waals surface area (Å²) in [5, 5.41) is 1.02. The van der Waals surface area contributed by atoms with E-state index < -0.39 is 0 Å². The van der Waals surface area contributed by atoms with Crippen LogP contribution in [-0.4, -0.2) is 12.1 Å². The SMILES string of the molecule is COc1nc2ccc(Br)cc2cc1Cc1cccc(F)c1. The summed E-state index contributed by atoms with van der Waals surface area (Å²) in [5.41, 5.74) is 2.70. The quantitative estimate of drug-likeness (QED) is 0.684. The molecule has 3 rings (SSSR count). The molecule has 3 aromatic rings. The van der Waals surface area contributed by atoms with Gasteiger partial charge in [0.25, 0.3) is 0 Å². The zero-order valence-electron chi connectivity index (χ0n) is 11.4.